The lowest BCUT2D eigenvalue weighted by Gasteiger charge is -2.29. The van der Waals surface area contributed by atoms with Gasteiger partial charge in [0, 0.05) is 6.10 Å². The summed E-state index contributed by atoms with van der Waals surface area (Å²) in [6.07, 6.45) is 2.86. The molecule has 2 heteroatoms. The Balaban J connectivity index is 3.99. The molecule has 0 radical (unpaired) electrons. The first-order valence-corrected chi connectivity index (χ1v) is 8.49. The number of hydrogen-bond acceptors (Lipinski definition) is 1. The molecule has 0 fully saturated rings. The molecule has 0 aliphatic rings. The highest BCUT2D eigenvalue weighted by atomic mass is 28.4. The van der Waals surface area contributed by atoms with Gasteiger partial charge in [0.15, 0.2) is 8.32 Å². The summed E-state index contributed by atoms with van der Waals surface area (Å²) in [5.41, 5.74) is 0. The molecule has 0 aliphatic heterocycles. The average Bonchev–Trinajstić information content (AvgIpc) is 1.97. The average molecular weight is 188 g/mol. The first-order valence-electron chi connectivity index (χ1n) is 5.08. The second-order valence-corrected chi connectivity index (χ2v) is 9.02. The van der Waals surface area contributed by atoms with E-state index in [1.807, 2.05) is 0 Å². The third-order valence-corrected chi connectivity index (χ3v) is 3.20. The molecule has 0 amide bonds. The van der Waals surface area contributed by atoms with E-state index in [0.717, 1.165) is 6.42 Å². The lowest BCUT2D eigenvalue weighted by atomic mass is 10.0. The van der Waals surface area contributed by atoms with E-state index in [-0.39, 0.29) is 0 Å². The van der Waals surface area contributed by atoms with Crippen molar-refractivity contribution in [1.82, 2.24) is 0 Å². The van der Waals surface area contributed by atoms with Crippen LogP contribution in [-0.4, -0.2) is 14.4 Å². The Hall–Kier alpha value is 0.177. The van der Waals surface area contributed by atoms with Gasteiger partial charge in [-0.2, -0.15) is 0 Å². The van der Waals surface area contributed by atoms with Gasteiger partial charge in [-0.3, -0.25) is 0 Å². The zero-order valence-corrected chi connectivity index (χ0v) is 10.5. The minimum Gasteiger partial charge on any atom is -0.414 e. The Morgan fingerprint density at radius 1 is 1.08 bits per heavy atom. The van der Waals surface area contributed by atoms with E-state index < -0.39 is 8.32 Å². The van der Waals surface area contributed by atoms with Crippen LogP contribution in [0.15, 0.2) is 0 Å². The predicted molar refractivity (Wildman–Crippen MR) is 58.0 cm³/mol. The van der Waals surface area contributed by atoms with Crippen LogP contribution in [0.4, 0.5) is 0 Å². The summed E-state index contributed by atoms with van der Waals surface area (Å²) < 4.78 is 6.08. The summed E-state index contributed by atoms with van der Waals surface area (Å²) in [5.74, 6) is 0.710. The number of rotatable bonds is 5. The van der Waals surface area contributed by atoms with Gasteiger partial charge < -0.3 is 4.43 Å². The second kappa shape index (κ2) is 5.03. The molecule has 0 bridgehead atoms. The molecule has 0 heterocycles. The minimum atomic E-state index is -1.32. The van der Waals surface area contributed by atoms with Gasteiger partial charge in [-0.1, -0.05) is 27.2 Å². The topological polar surface area (TPSA) is 9.23 Å². The minimum absolute atomic E-state index is 0.488. The van der Waals surface area contributed by atoms with Crippen molar-refractivity contribution in [1.29, 1.82) is 0 Å². The molecule has 0 saturated heterocycles. The van der Waals surface area contributed by atoms with Crippen molar-refractivity contribution in [3.8, 4) is 0 Å². The molecule has 0 aromatic heterocycles. The van der Waals surface area contributed by atoms with Crippen LogP contribution in [0.25, 0.3) is 0 Å². The van der Waals surface area contributed by atoms with Gasteiger partial charge in [-0.25, -0.2) is 0 Å². The van der Waals surface area contributed by atoms with Crippen molar-refractivity contribution in [2.75, 3.05) is 0 Å². The lowest BCUT2D eigenvalue weighted by molar-refractivity contribution is 0.128. The Morgan fingerprint density at radius 2 is 1.58 bits per heavy atom. The van der Waals surface area contributed by atoms with Gasteiger partial charge in [0.1, 0.15) is 0 Å². The van der Waals surface area contributed by atoms with Crippen LogP contribution >= 0.6 is 0 Å². The SMILES string of the molecule is CC[C@H](C)[C@@H](CC)O[Si](C)(C)C. The van der Waals surface area contributed by atoms with Gasteiger partial charge in [0.05, 0.1) is 0 Å². The molecule has 0 unspecified atom stereocenters. The van der Waals surface area contributed by atoms with E-state index in [1.165, 1.54) is 6.42 Å². The van der Waals surface area contributed by atoms with E-state index in [4.69, 9.17) is 4.43 Å². The molecule has 0 spiro atoms. The molecular formula is C10H24OSi. The van der Waals surface area contributed by atoms with Crippen LogP contribution in [0.5, 0.6) is 0 Å². The monoisotopic (exact) mass is 188 g/mol. The Morgan fingerprint density at radius 3 is 1.83 bits per heavy atom. The molecule has 0 rings (SSSR count). The van der Waals surface area contributed by atoms with Gasteiger partial charge in [-0.15, -0.1) is 0 Å². The normalized spacial score (nSPS) is 17.5. The fraction of sp³-hybridized carbons (Fsp3) is 1.00. The summed E-state index contributed by atoms with van der Waals surface area (Å²) in [6, 6.07) is 0. The smallest absolute Gasteiger partial charge is 0.184 e. The highest BCUT2D eigenvalue weighted by molar-refractivity contribution is 6.69. The van der Waals surface area contributed by atoms with Crippen LogP contribution in [0.2, 0.25) is 19.6 Å². The zero-order chi connectivity index (χ0) is 9.78. The van der Waals surface area contributed by atoms with E-state index in [1.54, 1.807) is 0 Å². The zero-order valence-electron chi connectivity index (χ0n) is 9.48. The molecule has 0 aromatic carbocycles. The largest absolute Gasteiger partial charge is 0.414 e. The fourth-order valence-electron chi connectivity index (χ4n) is 1.32. The molecule has 0 saturated carbocycles. The molecule has 1 nitrogen and oxygen atoms in total. The third kappa shape index (κ3) is 4.94. The number of hydrogen-bond donors (Lipinski definition) is 0. The maximum Gasteiger partial charge on any atom is 0.184 e. The van der Waals surface area contributed by atoms with Crippen molar-refractivity contribution < 1.29 is 4.43 Å². The van der Waals surface area contributed by atoms with Crippen LogP contribution in [0.1, 0.15) is 33.6 Å². The molecule has 0 N–H and O–H groups in total. The quantitative estimate of drug-likeness (QED) is 0.598. The highest BCUT2D eigenvalue weighted by Gasteiger charge is 2.22. The summed E-state index contributed by atoms with van der Waals surface area (Å²) in [7, 11) is -1.32. The molecule has 0 aliphatic carbocycles. The van der Waals surface area contributed by atoms with E-state index in [9.17, 15) is 0 Å². The van der Waals surface area contributed by atoms with Crippen molar-refractivity contribution in [3.05, 3.63) is 0 Å². The van der Waals surface area contributed by atoms with E-state index in [2.05, 4.69) is 40.4 Å². The lowest BCUT2D eigenvalue weighted by Crippen LogP contribution is -2.35. The van der Waals surface area contributed by atoms with Gasteiger partial charge in [-0.05, 0) is 32.0 Å². The Labute approximate surface area is 78.6 Å². The first kappa shape index (κ1) is 12.2. The molecule has 74 valence electrons. The molecular weight excluding hydrogens is 164 g/mol. The maximum absolute atomic E-state index is 6.08. The standard InChI is InChI=1S/C10H24OSi/c1-7-9(3)10(8-2)11-12(4,5)6/h9-10H,7-8H2,1-6H3/t9-,10+/m0/s1. The van der Waals surface area contributed by atoms with Crippen LogP contribution < -0.4 is 0 Å². The van der Waals surface area contributed by atoms with Crippen molar-refractivity contribution in [3.63, 3.8) is 0 Å². The first-order chi connectivity index (χ1) is 5.40. The fourth-order valence-corrected chi connectivity index (χ4v) is 2.63. The Kier molecular flexibility index (Phi) is 5.10. The third-order valence-electron chi connectivity index (χ3n) is 2.19. The van der Waals surface area contributed by atoms with Crippen molar-refractivity contribution in [2.45, 2.75) is 59.4 Å². The van der Waals surface area contributed by atoms with Crippen LogP contribution in [0, 0.1) is 5.92 Å². The predicted octanol–water partition coefficient (Wildman–Crippen LogP) is 3.66. The molecule has 0 aromatic rings. The molecule has 2 atom stereocenters. The van der Waals surface area contributed by atoms with Crippen LogP contribution in [0.3, 0.4) is 0 Å². The highest BCUT2D eigenvalue weighted by Crippen LogP contribution is 2.19. The summed E-state index contributed by atoms with van der Waals surface area (Å²) >= 11 is 0. The van der Waals surface area contributed by atoms with Crippen LogP contribution in [-0.2, 0) is 4.43 Å². The van der Waals surface area contributed by atoms with E-state index >= 15 is 0 Å². The molecule has 12 heavy (non-hydrogen) atoms. The summed E-state index contributed by atoms with van der Waals surface area (Å²) in [6.45, 7) is 13.5. The van der Waals surface area contributed by atoms with Gasteiger partial charge in [0.2, 0.25) is 0 Å². The second-order valence-electron chi connectivity index (χ2n) is 4.56. The Bertz CT molecular complexity index is 117. The summed E-state index contributed by atoms with van der Waals surface area (Å²) in [4.78, 5) is 0. The van der Waals surface area contributed by atoms with Crippen molar-refractivity contribution >= 4 is 8.32 Å². The van der Waals surface area contributed by atoms with Gasteiger partial charge in [0.25, 0.3) is 0 Å². The van der Waals surface area contributed by atoms with E-state index in [0.29, 0.717) is 12.0 Å². The van der Waals surface area contributed by atoms with Gasteiger partial charge >= 0.3 is 0 Å². The van der Waals surface area contributed by atoms with Crippen molar-refractivity contribution in [2.24, 2.45) is 5.92 Å². The maximum atomic E-state index is 6.08. The summed E-state index contributed by atoms with van der Waals surface area (Å²) in [5, 5.41) is 0.